The smallest absolute Gasteiger partial charge is 0.209 e. The lowest BCUT2D eigenvalue weighted by molar-refractivity contribution is -0.293. The summed E-state index contributed by atoms with van der Waals surface area (Å²) in [5.74, 6) is 0.650. The third kappa shape index (κ3) is 3.59. The van der Waals surface area contributed by atoms with Crippen molar-refractivity contribution >= 4 is 0 Å². The number of aryl methyl sites for hydroxylation is 1. The maximum Gasteiger partial charge on any atom is 0.209 e. The molecule has 0 radical (unpaired) electrons. The predicted molar refractivity (Wildman–Crippen MR) is 107 cm³/mol. The minimum absolute atomic E-state index is 0.101. The third-order valence-corrected chi connectivity index (χ3v) is 5.48. The van der Waals surface area contributed by atoms with Crippen LogP contribution in [-0.4, -0.2) is 35.5 Å². The Hall–Kier alpha value is -2.54. The molecular weight excluding hydrogens is 371 g/mol. The number of benzene rings is 2. The van der Waals surface area contributed by atoms with Crippen LogP contribution in [0.1, 0.15) is 23.1 Å². The molecule has 0 saturated carbocycles. The Balaban J connectivity index is 1.78. The number of hydrogen-bond acceptors (Lipinski definition) is 4. The number of nitrogens with zero attached hydrogens (tertiary/aromatic N) is 2. The number of hydrogen-bond donors (Lipinski definition) is 0. The quantitative estimate of drug-likeness (QED) is 0.627. The van der Waals surface area contributed by atoms with Gasteiger partial charge in [0.25, 0.3) is 0 Å². The van der Waals surface area contributed by atoms with Crippen molar-refractivity contribution in [3.05, 3.63) is 90.0 Å². The molecular formula is C23H25FN2O3. The van der Waals surface area contributed by atoms with Crippen molar-refractivity contribution in [2.45, 2.75) is 37.6 Å². The van der Waals surface area contributed by atoms with Crippen LogP contribution in [0.3, 0.4) is 0 Å². The normalized spacial score (nSPS) is 27.1. The van der Waals surface area contributed by atoms with E-state index in [9.17, 15) is 0 Å². The van der Waals surface area contributed by atoms with Crippen molar-refractivity contribution in [1.29, 1.82) is 0 Å². The Morgan fingerprint density at radius 2 is 1.83 bits per heavy atom. The summed E-state index contributed by atoms with van der Waals surface area (Å²) in [5.41, 5.74) is 0.512. The number of ether oxygens (including phenoxy) is 3. The summed E-state index contributed by atoms with van der Waals surface area (Å²) in [6.07, 6.45) is 0.725. The van der Waals surface area contributed by atoms with Gasteiger partial charge in [-0.3, -0.25) is 0 Å². The Labute approximate surface area is 170 Å². The van der Waals surface area contributed by atoms with Crippen LogP contribution < -0.4 is 0 Å². The van der Waals surface area contributed by atoms with Crippen LogP contribution in [-0.2, 0) is 26.5 Å². The Morgan fingerprint density at radius 1 is 1.14 bits per heavy atom. The van der Waals surface area contributed by atoms with Crippen LogP contribution in [0.5, 0.6) is 0 Å². The molecule has 1 fully saturated rings. The van der Waals surface area contributed by atoms with Gasteiger partial charge in [-0.05, 0) is 18.1 Å². The highest BCUT2D eigenvalue weighted by Crippen LogP contribution is 2.44. The fourth-order valence-electron chi connectivity index (χ4n) is 4.05. The number of aromatic nitrogens is 2. The van der Waals surface area contributed by atoms with Crippen LogP contribution >= 0.6 is 0 Å². The molecule has 4 unspecified atom stereocenters. The average Bonchev–Trinajstić information content (AvgIpc) is 3.20. The number of halogens is 1. The van der Waals surface area contributed by atoms with Gasteiger partial charge in [0, 0.05) is 19.5 Å². The van der Waals surface area contributed by atoms with Gasteiger partial charge in [0.15, 0.2) is 6.17 Å². The molecule has 1 aromatic heterocycles. The van der Waals surface area contributed by atoms with Crippen LogP contribution in [0.15, 0.2) is 73.1 Å². The zero-order valence-corrected chi connectivity index (χ0v) is 16.6. The van der Waals surface area contributed by atoms with E-state index < -0.39 is 24.1 Å². The van der Waals surface area contributed by atoms with Gasteiger partial charge in [0.1, 0.15) is 18.0 Å². The van der Waals surface area contributed by atoms with Crippen molar-refractivity contribution < 1.29 is 18.6 Å². The highest BCUT2D eigenvalue weighted by molar-refractivity contribution is 5.22. The molecule has 4 atom stereocenters. The first-order valence-electron chi connectivity index (χ1n) is 9.68. The summed E-state index contributed by atoms with van der Waals surface area (Å²) in [6, 6.07) is 19.5. The highest BCUT2D eigenvalue weighted by atomic mass is 19.1. The van der Waals surface area contributed by atoms with Crippen LogP contribution in [0.4, 0.5) is 4.39 Å². The minimum Gasteiger partial charge on any atom is -0.367 e. The lowest BCUT2D eigenvalue weighted by atomic mass is 9.88. The van der Waals surface area contributed by atoms with Gasteiger partial charge >= 0.3 is 0 Å². The second-order valence-corrected chi connectivity index (χ2v) is 7.15. The summed E-state index contributed by atoms with van der Waals surface area (Å²) < 4.78 is 35.5. The van der Waals surface area contributed by atoms with E-state index in [1.807, 2.05) is 67.6 Å². The third-order valence-electron chi connectivity index (χ3n) is 5.48. The van der Waals surface area contributed by atoms with Crippen molar-refractivity contribution in [3.8, 4) is 0 Å². The van der Waals surface area contributed by atoms with Crippen molar-refractivity contribution in [2.24, 2.45) is 0 Å². The standard InChI is InChI=1S/C23H25FN2O3/c1-17-25-13-14-26(17)23(27-2)20(24)16-28-21(19-11-7-4-8-12-19)22(23)29-15-18-9-5-3-6-10-18/h3-14,20-22H,15-16H2,1-2H3. The topological polar surface area (TPSA) is 45.5 Å². The zero-order chi connectivity index (χ0) is 20.3. The molecule has 2 aromatic carbocycles. The molecule has 0 aliphatic carbocycles. The fraction of sp³-hybridized carbons (Fsp3) is 0.348. The molecule has 3 aromatic rings. The molecule has 0 spiro atoms. The molecule has 0 bridgehead atoms. The second-order valence-electron chi connectivity index (χ2n) is 7.15. The average molecular weight is 396 g/mol. The molecule has 152 valence electrons. The first kappa shape index (κ1) is 19.8. The molecule has 29 heavy (non-hydrogen) atoms. The van der Waals surface area contributed by atoms with Gasteiger partial charge in [-0.2, -0.15) is 0 Å². The predicted octanol–water partition coefficient (Wildman–Crippen LogP) is 4.19. The molecule has 1 aliphatic heterocycles. The zero-order valence-electron chi connectivity index (χ0n) is 16.6. The van der Waals surface area contributed by atoms with Crippen molar-refractivity contribution in [1.82, 2.24) is 9.55 Å². The van der Waals surface area contributed by atoms with Gasteiger partial charge in [0.2, 0.25) is 5.72 Å². The molecule has 1 aliphatic rings. The SMILES string of the molecule is COC1(n2ccnc2C)C(F)COC(c2ccccc2)C1OCc1ccccc1. The number of rotatable bonds is 6. The number of imidazole rings is 1. The summed E-state index contributed by atoms with van der Waals surface area (Å²) in [6.45, 7) is 2.04. The first-order chi connectivity index (χ1) is 14.2. The van der Waals surface area contributed by atoms with E-state index in [1.165, 1.54) is 7.11 Å². The van der Waals surface area contributed by atoms with E-state index in [0.29, 0.717) is 12.4 Å². The van der Waals surface area contributed by atoms with Gasteiger partial charge in [-0.25, -0.2) is 9.37 Å². The maximum absolute atomic E-state index is 15.5. The van der Waals surface area contributed by atoms with E-state index in [-0.39, 0.29) is 6.61 Å². The molecule has 5 nitrogen and oxygen atoms in total. The van der Waals surface area contributed by atoms with Crippen LogP contribution in [0, 0.1) is 6.92 Å². The summed E-state index contributed by atoms with van der Waals surface area (Å²) >= 11 is 0. The monoisotopic (exact) mass is 396 g/mol. The van der Waals surface area contributed by atoms with E-state index in [2.05, 4.69) is 4.98 Å². The van der Waals surface area contributed by atoms with E-state index in [4.69, 9.17) is 14.2 Å². The highest BCUT2D eigenvalue weighted by Gasteiger charge is 2.57. The summed E-state index contributed by atoms with van der Waals surface area (Å²) in [4.78, 5) is 4.29. The molecule has 6 heteroatoms. The minimum atomic E-state index is -1.43. The lowest BCUT2D eigenvalue weighted by Crippen LogP contribution is -2.61. The van der Waals surface area contributed by atoms with E-state index in [1.54, 1.807) is 17.0 Å². The van der Waals surface area contributed by atoms with Crippen LogP contribution in [0.2, 0.25) is 0 Å². The first-order valence-corrected chi connectivity index (χ1v) is 9.68. The van der Waals surface area contributed by atoms with Gasteiger partial charge < -0.3 is 18.8 Å². The largest absolute Gasteiger partial charge is 0.367 e. The second kappa shape index (κ2) is 8.45. The lowest BCUT2D eigenvalue weighted by Gasteiger charge is -2.49. The molecule has 2 heterocycles. The number of alkyl halides is 1. The van der Waals surface area contributed by atoms with E-state index >= 15 is 4.39 Å². The molecule has 4 rings (SSSR count). The van der Waals surface area contributed by atoms with Gasteiger partial charge in [-0.1, -0.05) is 60.7 Å². The van der Waals surface area contributed by atoms with Gasteiger partial charge in [0.05, 0.1) is 13.2 Å². The Morgan fingerprint density at radius 3 is 2.45 bits per heavy atom. The summed E-state index contributed by atoms with van der Waals surface area (Å²) in [5, 5.41) is 0. The van der Waals surface area contributed by atoms with Crippen molar-refractivity contribution in [2.75, 3.05) is 13.7 Å². The van der Waals surface area contributed by atoms with Crippen LogP contribution in [0.25, 0.3) is 0 Å². The molecule has 0 N–H and O–H groups in total. The number of methoxy groups -OCH3 is 1. The Bertz CT molecular complexity index is 918. The maximum atomic E-state index is 15.5. The van der Waals surface area contributed by atoms with Gasteiger partial charge in [-0.15, -0.1) is 0 Å². The molecule has 1 saturated heterocycles. The molecule has 0 amide bonds. The fourth-order valence-corrected chi connectivity index (χ4v) is 4.05. The van der Waals surface area contributed by atoms with Crippen molar-refractivity contribution in [3.63, 3.8) is 0 Å². The van der Waals surface area contributed by atoms with E-state index in [0.717, 1.165) is 11.1 Å². The summed E-state index contributed by atoms with van der Waals surface area (Å²) in [7, 11) is 1.51. The Kier molecular flexibility index (Phi) is 5.76.